The molecule has 3 aromatic carbocycles. The van der Waals surface area contributed by atoms with Crippen molar-refractivity contribution in [1.82, 2.24) is 0 Å². The number of aryl methyl sites for hydroxylation is 4. The molecule has 3 rings (SSSR count). The number of carbonyl (C=O) groups is 2. The monoisotopic (exact) mass is 446 g/mol. The molecular formula is C28H31O3P. The van der Waals surface area contributed by atoms with E-state index in [1.54, 1.807) is 30.3 Å². The molecule has 0 fully saturated rings. The number of benzene rings is 3. The van der Waals surface area contributed by atoms with E-state index in [1.807, 2.05) is 58.0 Å². The van der Waals surface area contributed by atoms with Crippen molar-refractivity contribution in [2.45, 2.75) is 53.9 Å². The quantitative estimate of drug-likeness (QED) is 0.401. The van der Waals surface area contributed by atoms with Crippen LogP contribution in [0.15, 0.2) is 60.7 Å². The first-order chi connectivity index (χ1) is 14.9. The van der Waals surface area contributed by atoms with Gasteiger partial charge in [0, 0.05) is 16.4 Å². The molecule has 0 aliphatic heterocycles. The highest BCUT2D eigenvalue weighted by Crippen LogP contribution is 2.52. The van der Waals surface area contributed by atoms with Gasteiger partial charge in [-0.15, -0.1) is 0 Å². The summed E-state index contributed by atoms with van der Waals surface area (Å²) in [7, 11) is -4.14. The van der Waals surface area contributed by atoms with Gasteiger partial charge in [0.2, 0.25) is 18.2 Å². The van der Waals surface area contributed by atoms with Crippen molar-refractivity contribution in [3.63, 3.8) is 0 Å². The molecule has 32 heavy (non-hydrogen) atoms. The van der Waals surface area contributed by atoms with Crippen molar-refractivity contribution < 1.29 is 14.2 Å². The first-order valence-electron chi connectivity index (χ1n) is 10.8. The van der Waals surface area contributed by atoms with E-state index in [4.69, 9.17) is 0 Å². The zero-order chi connectivity index (χ0) is 23.8. The van der Waals surface area contributed by atoms with Gasteiger partial charge in [-0.05, 0) is 60.9 Å². The molecule has 0 spiro atoms. The zero-order valence-corrected chi connectivity index (χ0v) is 20.8. The first-order valence-corrected chi connectivity index (χ1v) is 12.5. The zero-order valence-electron chi connectivity index (χ0n) is 19.9. The molecule has 3 aromatic rings. The summed E-state index contributed by atoms with van der Waals surface area (Å²) in [5, 5.41) is 0.274. The van der Waals surface area contributed by atoms with Crippen LogP contribution in [0.2, 0.25) is 0 Å². The average molecular weight is 447 g/mol. The summed E-state index contributed by atoms with van der Waals surface area (Å²) in [5.41, 5.74) is 3.49. The molecular weight excluding hydrogens is 415 g/mol. The van der Waals surface area contributed by atoms with Crippen molar-refractivity contribution in [2.75, 3.05) is 0 Å². The number of hydrogen-bond donors (Lipinski definition) is 0. The van der Waals surface area contributed by atoms with E-state index in [2.05, 4.69) is 20.8 Å². The molecule has 0 N–H and O–H groups in total. The maximum Gasteiger partial charge on any atom is 0.248 e. The van der Waals surface area contributed by atoms with Gasteiger partial charge in [0.25, 0.3) is 0 Å². The summed E-state index contributed by atoms with van der Waals surface area (Å²) < 4.78 is 14.6. The minimum absolute atomic E-state index is 0.0890. The number of hydrogen-bond acceptors (Lipinski definition) is 3. The maximum atomic E-state index is 14.6. The van der Waals surface area contributed by atoms with Crippen LogP contribution >= 0.6 is 7.14 Å². The molecule has 0 aliphatic carbocycles. The second-order valence-electron chi connectivity index (χ2n) is 9.56. The number of rotatable bonds is 5. The lowest BCUT2D eigenvalue weighted by Gasteiger charge is -2.24. The molecule has 1 atom stereocenters. The Morgan fingerprint density at radius 3 is 1.53 bits per heavy atom. The Hall–Kier alpha value is -2.77. The smallest absolute Gasteiger partial charge is 0.248 e. The fourth-order valence-corrected chi connectivity index (χ4v) is 6.75. The van der Waals surface area contributed by atoms with Gasteiger partial charge < -0.3 is 4.57 Å². The minimum atomic E-state index is -4.14. The summed E-state index contributed by atoms with van der Waals surface area (Å²) >= 11 is 0. The van der Waals surface area contributed by atoms with E-state index in [-0.39, 0.29) is 10.7 Å². The van der Waals surface area contributed by atoms with Gasteiger partial charge in [-0.25, -0.2) is 0 Å². The van der Waals surface area contributed by atoms with Crippen LogP contribution in [0.5, 0.6) is 0 Å². The fraction of sp³-hybridized carbons (Fsp3) is 0.286. The van der Waals surface area contributed by atoms with Crippen LogP contribution in [-0.4, -0.2) is 11.0 Å². The average Bonchev–Trinajstić information content (AvgIpc) is 2.72. The van der Waals surface area contributed by atoms with E-state index < -0.39 is 18.2 Å². The summed E-state index contributed by atoms with van der Waals surface area (Å²) in [5.74, 6) is 0. The SMILES string of the molecule is Cc1cccc(C)c1C(=O)P(=O)(C(=O)c1c(C)cc(C(C)(C)C)cc1C)c1ccccc1. The Kier molecular flexibility index (Phi) is 6.45. The summed E-state index contributed by atoms with van der Waals surface area (Å²) in [6.07, 6.45) is 0. The Balaban J connectivity index is 2.29. The Bertz CT molecular complexity index is 1200. The first kappa shape index (κ1) is 23.9. The molecule has 1 unspecified atom stereocenters. The van der Waals surface area contributed by atoms with Gasteiger partial charge in [0.05, 0.1) is 0 Å². The van der Waals surface area contributed by atoms with Crippen molar-refractivity contribution in [3.05, 3.63) is 99.6 Å². The van der Waals surface area contributed by atoms with Gasteiger partial charge in [-0.2, -0.15) is 0 Å². The lowest BCUT2D eigenvalue weighted by molar-refractivity contribution is 0.104. The third-order valence-corrected chi connectivity index (χ3v) is 8.62. The number of carbonyl (C=O) groups excluding carboxylic acids is 2. The van der Waals surface area contributed by atoms with E-state index in [1.165, 1.54) is 0 Å². The van der Waals surface area contributed by atoms with Crippen LogP contribution in [0.4, 0.5) is 0 Å². The molecule has 0 saturated heterocycles. The van der Waals surface area contributed by atoms with E-state index in [0.29, 0.717) is 11.1 Å². The Morgan fingerprint density at radius 2 is 1.09 bits per heavy atom. The lowest BCUT2D eigenvalue weighted by atomic mass is 9.84. The summed E-state index contributed by atoms with van der Waals surface area (Å²) in [6.45, 7) is 13.7. The third kappa shape index (κ3) is 4.14. The minimum Gasteiger partial charge on any atom is -0.302 e. The van der Waals surface area contributed by atoms with E-state index in [9.17, 15) is 14.2 Å². The normalized spacial score (nSPS) is 13.5. The third-order valence-electron chi connectivity index (χ3n) is 6.00. The molecule has 0 saturated carbocycles. The van der Waals surface area contributed by atoms with Crippen LogP contribution < -0.4 is 5.30 Å². The van der Waals surface area contributed by atoms with Crippen molar-refractivity contribution in [3.8, 4) is 0 Å². The molecule has 0 heterocycles. The Labute approximate surface area is 191 Å². The second-order valence-corrected chi connectivity index (χ2v) is 12.1. The molecule has 0 bridgehead atoms. The predicted octanol–water partition coefficient (Wildman–Crippen LogP) is 6.89. The van der Waals surface area contributed by atoms with Gasteiger partial charge in [0.15, 0.2) is 0 Å². The van der Waals surface area contributed by atoms with Crippen LogP contribution in [0.1, 0.15) is 69.3 Å². The van der Waals surface area contributed by atoms with Gasteiger partial charge in [-0.1, -0.05) is 81.4 Å². The van der Waals surface area contributed by atoms with Crippen LogP contribution in [0.3, 0.4) is 0 Å². The van der Waals surface area contributed by atoms with Gasteiger partial charge in [-0.3, -0.25) is 9.59 Å². The lowest BCUT2D eigenvalue weighted by Crippen LogP contribution is -2.23. The topological polar surface area (TPSA) is 51.2 Å². The van der Waals surface area contributed by atoms with E-state index >= 15 is 0 Å². The van der Waals surface area contributed by atoms with Gasteiger partial charge in [0.1, 0.15) is 0 Å². The van der Waals surface area contributed by atoms with Crippen LogP contribution in [0, 0.1) is 27.7 Å². The molecule has 166 valence electrons. The highest BCUT2D eigenvalue weighted by atomic mass is 31.2. The standard InChI is InChI=1S/C28H31O3P/c1-18-12-11-13-19(2)24(18)26(29)32(31,23-14-9-8-10-15-23)27(30)25-20(3)16-22(17-21(25)4)28(5,6)7/h8-17H,1-7H3. The highest BCUT2D eigenvalue weighted by molar-refractivity contribution is 8.01. The largest absolute Gasteiger partial charge is 0.302 e. The van der Waals surface area contributed by atoms with Gasteiger partial charge >= 0.3 is 0 Å². The van der Waals surface area contributed by atoms with Crippen molar-refractivity contribution >= 4 is 23.5 Å². The van der Waals surface area contributed by atoms with Crippen molar-refractivity contribution in [1.29, 1.82) is 0 Å². The van der Waals surface area contributed by atoms with E-state index in [0.717, 1.165) is 27.8 Å². The molecule has 4 heteroatoms. The van der Waals surface area contributed by atoms with Crippen LogP contribution in [-0.2, 0) is 9.98 Å². The molecule has 0 aromatic heterocycles. The summed E-state index contributed by atoms with van der Waals surface area (Å²) in [4.78, 5) is 27.9. The molecule has 3 nitrogen and oxygen atoms in total. The van der Waals surface area contributed by atoms with Crippen molar-refractivity contribution in [2.24, 2.45) is 0 Å². The maximum absolute atomic E-state index is 14.6. The summed E-state index contributed by atoms with van der Waals surface area (Å²) in [6, 6.07) is 17.9. The fourth-order valence-electron chi connectivity index (χ4n) is 4.17. The molecule has 0 aliphatic rings. The molecule has 0 radical (unpaired) electrons. The van der Waals surface area contributed by atoms with Crippen LogP contribution in [0.25, 0.3) is 0 Å². The Morgan fingerprint density at radius 1 is 0.656 bits per heavy atom. The molecule has 0 amide bonds. The second kappa shape index (κ2) is 8.64. The highest BCUT2D eigenvalue weighted by Gasteiger charge is 2.44. The predicted molar refractivity (Wildman–Crippen MR) is 133 cm³/mol.